The van der Waals surface area contributed by atoms with Gasteiger partial charge in [0.1, 0.15) is 5.75 Å². The van der Waals surface area contributed by atoms with Crippen LogP contribution in [0.5, 0.6) is 5.75 Å². The monoisotopic (exact) mass is 208 g/mol. The van der Waals surface area contributed by atoms with Crippen LogP contribution in [0.3, 0.4) is 0 Å². The lowest BCUT2D eigenvalue weighted by atomic mass is 10.0. The number of esters is 1. The molecule has 1 N–H and O–H groups in total. The Morgan fingerprint density at radius 2 is 2.00 bits per heavy atom. The van der Waals surface area contributed by atoms with Crippen LogP contribution in [0.25, 0.3) is 0 Å². The molecule has 1 unspecified atom stereocenters. The van der Waals surface area contributed by atoms with E-state index in [1.165, 1.54) is 0 Å². The maximum absolute atomic E-state index is 10.9. The third-order valence-corrected chi connectivity index (χ3v) is 2.25. The number of hydrogen-bond acceptors (Lipinski definition) is 3. The van der Waals surface area contributed by atoms with Crippen molar-refractivity contribution in [2.75, 3.05) is 6.61 Å². The minimum absolute atomic E-state index is 0.154. The van der Waals surface area contributed by atoms with Crippen molar-refractivity contribution in [1.29, 1.82) is 0 Å². The van der Waals surface area contributed by atoms with Gasteiger partial charge in [-0.05, 0) is 17.7 Å². The van der Waals surface area contributed by atoms with E-state index in [0.29, 0.717) is 13.0 Å². The van der Waals surface area contributed by atoms with Crippen molar-refractivity contribution >= 4 is 5.97 Å². The standard InChI is InChI=1S/C12H16O3/c1-3-12(14)15-8-9(2)10-4-6-11(13)7-5-10/h4-7,9,13H,3,8H2,1-2H3. The number of ether oxygens (including phenoxy) is 1. The molecule has 3 nitrogen and oxygen atoms in total. The average molecular weight is 208 g/mol. The van der Waals surface area contributed by atoms with Gasteiger partial charge in [-0.1, -0.05) is 26.0 Å². The molecule has 0 aliphatic rings. The molecule has 0 bridgehead atoms. The van der Waals surface area contributed by atoms with E-state index < -0.39 is 0 Å². The van der Waals surface area contributed by atoms with E-state index in [2.05, 4.69) is 0 Å². The predicted molar refractivity (Wildman–Crippen MR) is 57.8 cm³/mol. The first-order valence-corrected chi connectivity index (χ1v) is 5.08. The van der Waals surface area contributed by atoms with E-state index in [0.717, 1.165) is 5.56 Å². The lowest BCUT2D eigenvalue weighted by Gasteiger charge is -2.12. The Balaban J connectivity index is 2.50. The molecule has 3 heteroatoms. The van der Waals surface area contributed by atoms with E-state index in [1.54, 1.807) is 19.1 Å². The second-order valence-corrected chi connectivity index (χ2v) is 3.53. The van der Waals surface area contributed by atoms with Crippen LogP contribution in [-0.4, -0.2) is 17.7 Å². The highest BCUT2D eigenvalue weighted by molar-refractivity contribution is 5.68. The quantitative estimate of drug-likeness (QED) is 0.773. The van der Waals surface area contributed by atoms with Gasteiger partial charge in [-0.2, -0.15) is 0 Å². The number of rotatable bonds is 4. The third kappa shape index (κ3) is 3.62. The van der Waals surface area contributed by atoms with Crippen LogP contribution >= 0.6 is 0 Å². The van der Waals surface area contributed by atoms with Crippen molar-refractivity contribution in [2.24, 2.45) is 0 Å². The Labute approximate surface area is 89.7 Å². The fourth-order valence-electron chi connectivity index (χ4n) is 1.22. The molecule has 0 aliphatic heterocycles. The number of phenolic OH excluding ortho intramolecular Hbond substituents is 1. The molecule has 0 spiro atoms. The van der Waals surface area contributed by atoms with Crippen LogP contribution in [-0.2, 0) is 9.53 Å². The fourth-order valence-corrected chi connectivity index (χ4v) is 1.22. The average Bonchev–Trinajstić information content (AvgIpc) is 2.26. The van der Waals surface area contributed by atoms with Crippen molar-refractivity contribution in [3.8, 4) is 5.75 Å². The van der Waals surface area contributed by atoms with Gasteiger partial charge in [-0.15, -0.1) is 0 Å². The van der Waals surface area contributed by atoms with Crippen molar-refractivity contribution in [1.82, 2.24) is 0 Å². The number of carbonyl (C=O) groups excluding carboxylic acids is 1. The molecule has 15 heavy (non-hydrogen) atoms. The highest BCUT2D eigenvalue weighted by Crippen LogP contribution is 2.18. The van der Waals surface area contributed by atoms with Crippen LogP contribution < -0.4 is 0 Å². The molecule has 0 aliphatic carbocycles. The zero-order valence-electron chi connectivity index (χ0n) is 9.06. The molecule has 1 rings (SSSR count). The molecule has 0 heterocycles. The first kappa shape index (κ1) is 11.6. The minimum Gasteiger partial charge on any atom is -0.508 e. The lowest BCUT2D eigenvalue weighted by Crippen LogP contribution is -2.09. The van der Waals surface area contributed by atoms with Crippen LogP contribution in [0.15, 0.2) is 24.3 Å². The molecule has 0 radical (unpaired) electrons. The van der Waals surface area contributed by atoms with E-state index >= 15 is 0 Å². The summed E-state index contributed by atoms with van der Waals surface area (Å²) in [6.45, 7) is 4.14. The van der Waals surface area contributed by atoms with Gasteiger partial charge in [0.25, 0.3) is 0 Å². The van der Waals surface area contributed by atoms with Crippen molar-refractivity contribution in [2.45, 2.75) is 26.2 Å². The molecule has 82 valence electrons. The van der Waals surface area contributed by atoms with Crippen molar-refractivity contribution in [3.63, 3.8) is 0 Å². The summed E-state index contributed by atoms with van der Waals surface area (Å²) in [5.41, 5.74) is 1.05. The summed E-state index contributed by atoms with van der Waals surface area (Å²) in [6.07, 6.45) is 0.405. The summed E-state index contributed by atoms with van der Waals surface area (Å²) in [4.78, 5) is 10.9. The van der Waals surface area contributed by atoms with E-state index in [1.807, 2.05) is 19.1 Å². The van der Waals surface area contributed by atoms with Crippen LogP contribution in [0, 0.1) is 0 Å². The summed E-state index contributed by atoms with van der Waals surface area (Å²) < 4.78 is 5.04. The Morgan fingerprint density at radius 3 is 2.53 bits per heavy atom. The molecular formula is C12H16O3. The summed E-state index contributed by atoms with van der Waals surface area (Å²) in [7, 11) is 0. The molecule has 0 fully saturated rings. The summed E-state index contributed by atoms with van der Waals surface area (Å²) in [5, 5.41) is 9.11. The first-order chi connectivity index (χ1) is 7.13. The maximum atomic E-state index is 10.9. The Kier molecular flexibility index (Phi) is 4.16. The van der Waals surface area contributed by atoms with Crippen molar-refractivity contribution < 1.29 is 14.6 Å². The van der Waals surface area contributed by atoms with Gasteiger partial charge in [0.15, 0.2) is 0 Å². The zero-order valence-corrected chi connectivity index (χ0v) is 9.06. The molecule has 1 aromatic rings. The number of phenols is 1. The van der Waals surface area contributed by atoms with E-state index in [-0.39, 0.29) is 17.6 Å². The van der Waals surface area contributed by atoms with Gasteiger partial charge in [0, 0.05) is 12.3 Å². The number of carbonyl (C=O) groups is 1. The zero-order chi connectivity index (χ0) is 11.3. The molecule has 1 aromatic carbocycles. The fraction of sp³-hybridized carbons (Fsp3) is 0.417. The molecule has 0 aromatic heterocycles. The second-order valence-electron chi connectivity index (χ2n) is 3.53. The van der Waals surface area contributed by atoms with Crippen molar-refractivity contribution in [3.05, 3.63) is 29.8 Å². The number of hydrogen-bond donors (Lipinski definition) is 1. The summed E-state index contributed by atoms with van der Waals surface area (Å²) in [5.74, 6) is 0.221. The Hall–Kier alpha value is -1.51. The molecule has 1 atom stereocenters. The molecule has 0 saturated carbocycles. The third-order valence-electron chi connectivity index (χ3n) is 2.25. The van der Waals surface area contributed by atoms with Gasteiger partial charge in [0.2, 0.25) is 0 Å². The van der Waals surface area contributed by atoms with E-state index in [9.17, 15) is 4.79 Å². The highest BCUT2D eigenvalue weighted by Gasteiger charge is 2.08. The largest absolute Gasteiger partial charge is 0.508 e. The van der Waals surface area contributed by atoms with Gasteiger partial charge in [-0.25, -0.2) is 0 Å². The topological polar surface area (TPSA) is 46.5 Å². The summed E-state index contributed by atoms with van der Waals surface area (Å²) in [6, 6.07) is 6.93. The van der Waals surface area contributed by atoms with Crippen LogP contribution in [0.1, 0.15) is 31.7 Å². The smallest absolute Gasteiger partial charge is 0.305 e. The number of benzene rings is 1. The second kappa shape index (κ2) is 5.39. The van der Waals surface area contributed by atoms with Gasteiger partial charge >= 0.3 is 5.97 Å². The molecule has 0 amide bonds. The molecule has 0 saturated heterocycles. The maximum Gasteiger partial charge on any atom is 0.305 e. The van der Waals surface area contributed by atoms with Gasteiger partial charge in [-0.3, -0.25) is 4.79 Å². The Bertz CT molecular complexity index is 316. The van der Waals surface area contributed by atoms with Crippen LogP contribution in [0.4, 0.5) is 0 Å². The number of aromatic hydroxyl groups is 1. The Morgan fingerprint density at radius 1 is 1.40 bits per heavy atom. The summed E-state index contributed by atoms with van der Waals surface area (Å²) >= 11 is 0. The first-order valence-electron chi connectivity index (χ1n) is 5.08. The van der Waals surface area contributed by atoms with E-state index in [4.69, 9.17) is 9.84 Å². The minimum atomic E-state index is -0.180. The molecular weight excluding hydrogens is 192 g/mol. The van der Waals surface area contributed by atoms with Gasteiger partial charge in [0.05, 0.1) is 6.61 Å². The lowest BCUT2D eigenvalue weighted by molar-refractivity contribution is -0.143. The highest BCUT2D eigenvalue weighted by atomic mass is 16.5. The van der Waals surface area contributed by atoms with Crippen LogP contribution in [0.2, 0.25) is 0 Å². The predicted octanol–water partition coefficient (Wildman–Crippen LogP) is 2.45. The SMILES string of the molecule is CCC(=O)OCC(C)c1ccc(O)cc1. The normalized spacial score (nSPS) is 12.1. The van der Waals surface area contributed by atoms with Gasteiger partial charge < -0.3 is 9.84 Å².